The second-order valence-electron chi connectivity index (χ2n) is 4.47. The minimum Gasteiger partial charge on any atom is -0.311 e. The summed E-state index contributed by atoms with van der Waals surface area (Å²) in [6.07, 6.45) is 1.58. The minimum atomic E-state index is -1.43. The molecule has 0 spiro atoms. The molecule has 0 atom stereocenters. The van der Waals surface area contributed by atoms with E-state index < -0.39 is 14.3 Å². The van der Waals surface area contributed by atoms with Gasteiger partial charge >= 0.3 is 0 Å². The predicted molar refractivity (Wildman–Crippen MR) is 79.0 cm³/mol. The number of allylic oxidation sites excluding steroid dienone is 1. The number of alkyl halides is 4. The van der Waals surface area contributed by atoms with Crippen LogP contribution in [0.5, 0.6) is 0 Å². The van der Waals surface area contributed by atoms with Crippen molar-refractivity contribution < 1.29 is 0 Å². The molecule has 0 aliphatic heterocycles. The van der Waals surface area contributed by atoms with E-state index in [1.807, 2.05) is 30.3 Å². The molecule has 0 unspecified atom stereocenters. The first-order valence-electron chi connectivity index (χ1n) is 5.28. The third-order valence-electron chi connectivity index (χ3n) is 2.94. The summed E-state index contributed by atoms with van der Waals surface area (Å²) in [5.74, 6) is 0. The Morgan fingerprint density at radius 3 is 2.06 bits per heavy atom. The van der Waals surface area contributed by atoms with Crippen LogP contribution in [0.1, 0.15) is 12.0 Å². The normalized spacial score (nSPS) is 24.4. The van der Waals surface area contributed by atoms with Gasteiger partial charge in [0.15, 0.2) is 4.33 Å². The van der Waals surface area contributed by atoms with Gasteiger partial charge in [-0.25, -0.2) is 0 Å². The van der Waals surface area contributed by atoms with Gasteiger partial charge in [0.25, 0.3) is 0 Å². The fraction of sp³-hybridized carbons (Fsp3) is 0.333. The summed E-state index contributed by atoms with van der Waals surface area (Å²) in [6, 6.07) is 9.38. The molecule has 0 heterocycles. The van der Waals surface area contributed by atoms with Crippen LogP contribution in [0.15, 0.2) is 36.4 Å². The quantitative estimate of drug-likeness (QED) is 0.614. The van der Waals surface area contributed by atoms with Crippen LogP contribution in [0, 0.1) is 0 Å². The SMILES string of the molecule is NC1(N)CC(Cl)(Cl)C(c2ccccc2)=CC1(Cl)Cl. The van der Waals surface area contributed by atoms with Crippen LogP contribution in [-0.2, 0) is 0 Å². The summed E-state index contributed by atoms with van der Waals surface area (Å²) >= 11 is 24.9. The molecule has 0 bridgehead atoms. The van der Waals surface area contributed by atoms with Crippen LogP contribution >= 0.6 is 46.4 Å². The molecular weight excluding hydrogens is 314 g/mol. The largest absolute Gasteiger partial charge is 0.311 e. The molecule has 2 rings (SSSR count). The van der Waals surface area contributed by atoms with Crippen molar-refractivity contribution in [2.24, 2.45) is 11.5 Å². The van der Waals surface area contributed by atoms with Crippen molar-refractivity contribution in [2.75, 3.05) is 0 Å². The lowest BCUT2D eigenvalue weighted by atomic mass is 9.85. The molecule has 0 radical (unpaired) electrons. The van der Waals surface area contributed by atoms with Crippen molar-refractivity contribution in [1.29, 1.82) is 0 Å². The highest BCUT2D eigenvalue weighted by molar-refractivity contribution is 6.57. The lowest BCUT2D eigenvalue weighted by molar-refractivity contribution is 0.380. The van der Waals surface area contributed by atoms with E-state index in [0.29, 0.717) is 5.57 Å². The zero-order valence-electron chi connectivity index (χ0n) is 9.34. The Bertz CT molecular complexity index is 480. The number of hydrogen-bond donors (Lipinski definition) is 2. The van der Waals surface area contributed by atoms with Gasteiger partial charge in [-0.05, 0) is 17.2 Å². The van der Waals surface area contributed by atoms with Gasteiger partial charge in [0, 0.05) is 6.42 Å². The highest BCUT2D eigenvalue weighted by Crippen LogP contribution is 2.51. The molecule has 0 amide bonds. The molecule has 18 heavy (non-hydrogen) atoms. The molecule has 1 aromatic rings. The van der Waals surface area contributed by atoms with Gasteiger partial charge in [-0.2, -0.15) is 0 Å². The average Bonchev–Trinajstić information content (AvgIpc) is 2.24. The molecule has 0 aromatic heterocycles. The van der Waals surface area contributed by atoms with Crippen LogP contribution in [0.3, 0.4) is 0 Å². The fourth-order valence-corrected chi connectivity index (χ4v) is 3.04. The second kappa shape index (κ2) is 4.55. The molecular formula is C12H12Cl4N2. The first-order valence-corrected chi connectivity index (χ1v) is 6.79. The van der Waals surface area contributed by atoms with Crippen molar-refractivity contribution in [2.45, 2.75) is 20.8 Å². The molecule has 1 aromatic carbocycles. The third kappa shape index (κ3) is 2.51. The Morgan fingerprint density at radius 1 is 0.944 bits per heavy atom. The van der Waals surface area contributed by atoms with E-state index in [1.165, 1.54) is 6.08 Å². The monoisotopic (exact) mass is 324 g/mol. The Morgan fingerprint density at radius 2 is 1.50 bits per heavy atom. The number of hydrogen-bond acceptors (Lipinski definition) is 2. The minimum absolute atomic E-state index is 0.0524. The van der Waals surface area contributed by atoms with E-state index in [1.54, 1.807) is 0 Å². The van der Waals surface area contributed by atoms with Gasteiger partial charge in [0.2, 0.25) is 0 Å². The van der Waals surface area contributed by atoms with Crippen LogP contribution in [0.2, 0.25) is 0 Å². The highest BCUT2D eigenvalue weighted by atomic mass is 35.5. The number of halogens is 4. The lowest BCUT2D eigenvalue weighted by Crippen LogP contribution is -2.65. The van der Waals surface area contributed by atoms with Gasteiger partial charge in [0.05, 0.1) is 0 Å². The molecule has 2 nitrogen and oxygen atoms in total. The maximum absolute atomic E-state index is 6.30. The van der Waals surface area contributed by atoms with Crippen LogP contribution < -0.4 is 11.5 Å². The third-order valence-corrected chi connectivity index (χ3v) is 4.54. The summed E-state index contributed by atoms with van der Waals surface area (Å²) in [4.78, 5) is 0. The van der Waals surface area contributed by atoms with Crippen molar-refractivity contribution in [1.82, 2.24) is 0 Å². The summed E-state index contributed by atoms with van der Waals surface area (Å²) < 4.78 is -2.65. The first-order chi connectivity index (χ1) is 8.16. The smallest absolute Gasteiger partial charge is 0.167 e. The summed E-state index contributed by atoms with van der Waals surface area (Å²) in [5, 5.41) is 0. The second-order valence-corrected chi connectivity index (χ2v) is 7.34. The topological polar surface area (TPSA) is 52.0 Å². The first kappa shape index (κ1) is 14.4. The van der Waals surface area contributed by atoms with E-state index in [2.05, 4.69) is 0 Å². The van der Waals surface area contributed by atoms with E-state index >= 15 is 0 Å². The molecule has 6 heteroatoms. The summed E-state index contributed by atoms with van der Waals surface area (Å²) in [6.45, 7) is 0. The Hall–Kier alpha value is 0.0400. The number of nitrogens with two attached hydrogens (primary N) is 2. The van der Waals surface area contributed by atoms with E-state index in [-0.39, 0.29) is 6.42 Å². The summed E-state index contributed by atoms with van der Waals surface area (Å²) in [5.41, 5.74) is 11.8. The Kier molecular flexibility index (Phi) is 3.65. The maximum atomic E-state index is 6.30. The molecule has 4 N–H and O–H groups in total. The molecule has 0 saturated heterocycles. The Balaban J connectivity index is 2.56. The zero-order chi connectivity index (χ0) is 13.6. The average molecular weight is 326 g/mol. The van der Waals surface area contributed by atoms with Crippen molar-refractivity contribution in [3.63, 3.8) is 0 Å². The Labute approximate surface area is 126 Å². The standard InChI is InChI=1S/C12H12Cl4N2/c13-10(14)7-12(17,18)11(15,16)6-9(10)8-4-2-1-3-5-8/h1-6H,7,17-18H2. The predicted octanol–water partition coefficient (Wildman–Crippen LogP) is 3.44. The van der Waals surface area contributed by atoms with Gasteiger partial charge in [-0.3, -0.25) is 0 Å². The van der Waals surface area contributed by atoms with Crippen LogP contribution in [-0.4, -0.2) is 14.3 Å². The van der Waals surface area contributed by atoms with E-state index in [9.17, 15) is 0 Å². The molecule has 1 aliphatic rings. The highest BCUT2D eigenvalue weighted by Gasteiger charge is 2.53. The van der Waals surface area contributed by atoms with Crippen molar-refractivity contribution in [3.05, 3.63) is 42.0 Å². The van der Waals surface area contributed by atoms with Crippen molar-refractivity contribution in [3.8, 4) is 0 Å². The van der Waals surface area contributed by atoms with Crippen molar-refractivity contribution >= 4 is 52.0 Å². The maximum Gasteiger partial charge on any atom is 0.167 e. The molecule has 0 saturated carbocycles. The number of benzene rings is 1. The van der Waals surface area contributed by atoms with Crippen LogP contribution in [0.25, 0.3) is 5.57 Å². The van der Waals surface area contributed by atoms with Gasteiger partial charge < -0.3 is 11.5 Å². The van der Waals surface area contributed by atoms with E-state index in [4.69, 9.17) is 57.9 Å². The zero-order valence-corrected chi connectivity index (χ0v) is 12.4. The summed E-state index contributed by atoms with van der Waals surface area (Å²) in [7, 11) is 0. The fourth-order valence-electron chi connectivity index (χ4n) is 1.91. The van der Waals surface area contributed by atoms with E-state index in [0.717, 1.165) is 5.56 Å². The molecule has 0 fully saturated rings. The molecule has 98 valence electrons. The van der Waals surface area contributed by atoms with Gasteiger partial charge in [-0.1, -0.05) is 76.7 Å². The molecule has 1 aliphatic carbocycles. The number of rotatable bonds is 1. The van der Waals surface area contributed by atoms with Gasteiger partial charge in [0.1, 0.15) is 10.00 Å². The van der Waals surface area contributed by atoms with Crippen LogP contribution in [0.4, 0.5) is 0 Å². The van der Waals surface area contributed by atoms with Gasteiger partial charge in [-0.15, -0.1) is 0 Å². The lowest BCUT2D eigenvalue weighted by Gasteiger charge is -2.44.